The third-order valence-corrected chi connectivity index (χ3v) is 3.29. The van der Waals surface area contributed by atoms with Crippen molar-refractivity contribution in [2.45, 2.75) is 6.42 Å². The van der Waals surface area contributed by atoms with E-state index in [0.717, 1.165) is 18.2 Å². The smallest absolute Gasteiger partial charge is 0.229 e. The Morgan fingerprint density at radius 1 is 1.10 bits per heavy atom. The van der Waals surface area contributed by atoms with Crippen LogP contribution in [0.3, 0.4) is 0 Å². The Morgan fingerprint density at radius 3 is 2.40 bits per heavy atom. The van der Waals surface area contributed by atoms with Gasteiger partial charge in [-0.15, -0.1) is 0 Å². The zero-order valence-electron chi connectivity index (χ0n) is 10.1. The number of hydrogen-bond acceptors (Lipinski definition) is 1. The maximum absolute atomic E-state index is 13.4. The molecule has 104 valence electrons. The lowest BCUT2D eigenvalue weighted by atomic mass is 10.1. The Labute approximate surface area is 121 Å². The van der Waals surface area contributed by atoms with Crippen LogP contribution < -0.4 is 5.32 Å². The number of rotatable bonds is 3. The maximum atomic E-state index is 13.4. The van der Waals surface area contributed by atoms with Crippen LogP contribution in [0.1, 0.15) is 5.56 Å². The van der Waals surface area contributed by atoms with Crippen LogP contribution in [0.4, 0.5) is 18.9 Å². The van der Waals surface area contributed by atoms with Crippen LogP contribution in [-0.4, -0.2) is 5.91 Å². The fourth-order valence-electron chi connectivity index (χ4n) is 1.65. The maximum Gasteiger partial charge on any atom is 0.229 e. The zero-order valence-corrected chi connectivity index (χ0v) is 11.7. The zero-order chi connectivity index (χ0) is 14.7. The van der Waals surface area contributed by atoms with E-state index in [-0.39, 0.29) is 11.3 Å². The first-order valence-corrected chi connectivity index (χ1v) is 6.44. The predicted molar refractivity (Wildman–Crippen MR) is 72.8 cm³/mol. The molecule has 0 unspecified atom stereocenters. The van der Waals surface area contributed by atoms with Crippen LogP contribution in [0.5, 0.6) is 0 Å². The molecule has 20 heavy (non-hydrogen) atoms. The van der Waals surface area contributed by atoms with Crippen molar-refractivity contribution in [3.63, 3.8) is 0 Å². The van der Waals surface area contributed by atoms with E-state index in [0.29, 0.717) is 4.47 Å². The first kappa shape index (κ1) is 14.6. The number of benzene rings is 2. The molecule has 6 heteroatoms. The van der Waals surface area contributed by atoms with Crippen molar-refractivity contribution in [1.82, 2.24) is 0 Å². The van der Waals surface area contributed by atoms with Crippen LogP contribution in [0, 0.1) is 17.5 Å². The number of carbonyl (C=O) groups is 1. The van der Waals surface area contributed by atoms with Crippen LogP contribution >= 0.6 is 15.9 Å². The number of amides is 1. The van der Waals surface area contributed by atoms with E-state index in [1.54, 1.807) is 0 Å². The Kier molecular flexibility index (Phi) is 4.44. The van der Waals surface area contributed by atoms with E-state index < -0.39 is 29.8 Å². The van der Waals surface area contributed by atoms with E-state index in [2.05, 4.69) is 21.2 Å². The largest absolute Gasteiger partial charge is 0.325 e. The lowest BCUT2D eigenvalue weighted by Crippen LogP contribution is -2.16. The fraction of sp³-hybridized carbons (Fsp3) is 0.0714. The summed E-state index contributed by atoms with van der Waals surface area (Å²) < 4.78 is 40.3. The summed E-state index contributed by atoms with van der Waals surface area (Å²) in [5, 5.41) is 2.39. The van der Waals surface area contributed by atoms with Crippen molar-refractivity contribution < 1.29 is 18.0 Å². The van der Waals surface area contributed by atoms with E-state index in [1.165, 1.54) is 18.2 Å². The van der Waals surface area contributed by atoms with Crippen LogP contribution in [0.25, 0.3) is 0 Å². The molecule has 0 aliphatic carbocycles. The summed E-state index contributed by atoms with van der Waals surface area (Å²) in [6.45, 7) is 0. The van der Waals surface area contributed by atoms with Crippen molar-refractivity contribution in [3.8, 4) is 0 Å². The van der Waals surface area contributed by atoms with Gasteiger partial charge in [0, 0.05) is 10.0 Å². The molecular weight excluding hydrogens is 335 g/mol. The quantitative estimate of drug-likeness (QED) is 0.894. The van der Waals surface area contributed by atoms with Gasteiger partial charge in [0.1, 0.15) is 17.5 Å². The molecule has 0 saturated carbocycles. The Bertz CT molecular complexity index is 641. The van der Waals surface area contributed by atoms with Gasteiger partial charge in [0.05, 0.1) is 12.1 Å². The van der Waals surface area contributed by atoms with Gasteiger partial charge in [-0.25, -0.2) is 13.2 Å². The van der Waals surface area contributed by atoms with Gasteiger partial charge in [-0.05, 0) is 46.3 Å². The highest BCUT2D eigenvalue weighted by Gasteiger charge is 2.14. The van der Waals surface area contributed by atoms with E-state index in [1.807, 2.05) is 0 Å². The van der Waals surface area contributed by atoms with E-state index in [4.69, 9.17) is 0 Å². The second-order valence-corrected chi connectivity index (χ2v) is 4.90. The number of anilines is 1. The summed E-state index contributed by atoms with van der Waals surface area (Å²) in [7, 11) is 0. The minimum atomic E-state index is -0.793. The average molecular weight is 344 g/mol. The van der Waals surface area contributed by atoms with Crippen LogP contribution in [-0.2, 0) is 11.2 Å². The van der Waals surface area contributed by atoms with Gasteiger partial charge in [-0.1, -0.05) is 6.07 Å². The lowest BCUT2D eigenvalue weighted by Gasteiger charge is -2.08. The minimum Gasteiger partial charge on any atom is -0.325 e. The van der Waals surface area contributed by atoms with Gasteiger partial charge in [0.2, 0.25) is 5.91 Å². The minimum absolute atomic E-state index is 0.201. The molecule has 0 radical (unpaired) electrons. The molecular formula is C14H9BrF3NO. The molecule has 0 atom stereocenters. The van der Waals surface area contributed by atoms with Crippen molar-refractivity contribution in [3.05, 3.63) is 63.9 Å². The molecule has 2 rings (SSSR count). The van der Waals surface area contributed by atoms with Crippen LogP contribution in [0.2, 0.25) is 0 Å². The van der Waals surface area contributed by atoms with Gasteiger partial charge in [0.25, 0.3) is 0 Å². The summed E-state index contributed by atoms with van der Waals surface area (Å²) in [5.74, 6) is -2.75. The molecule has 0 saturated heterocycles. The summed E-state index contributed by atoms with van der Waals surface area (Å²) in [6, 6.07) is 7.12. The molecule has 0 fully saturated rings. The predicted octanol–water partition coefficient (Wildman–Crippen LogP) is 4.05. The van der Waals surface area contributed by atoms with Gasteiger partial charge in [-0.2, -0.15) is 0 Å². The molecule has 1 N–H and O–H groups in total. The first-order chi connectivity index (χ1) is 9.47. The highest BCUT2D eigenvalue weighted by atomic mass is 79.9. The van der Waals surface area contributed by atoms with Crippen molar-refractivity contribution in [2.75, 3.05) is 5.32 Å². The molecule has 0 aromatic heterocycles. The molecule has 2 aromatic rings. The van der Waals surface area contributed by atoms with Gasteiger partial charge in [0.15, 0.2) is 0 Å². The number of hydrogen-bond donors (Lipinski definition) is 1. The summed E-state index contributed by atoms with van der Waals surface area (Å²) in [4.78, 5) is 11.8. The molecule has 0 bridgehead atoms. The average Bonchev–Trinajstić information content (AvgIpc) is 2.38. The number of carbonyl (C=O) groups excluding carboxylic acids is 1. The normalized spacial score (nSPS) is 10.4. The molecule has 2 aromatic carbocycles. The van der Waals surface area contributed by atoms with Gasteiger partial charge < -0.3 is 5.32 Å². The molecule has 2 nitrogen and oxygen atoms in total. The Hall–Kier alpha value is -1.82. The molecule has 0 aliphatic heterocycles. The van der Waals surface area contributed by atoms with Crippen molar-refractivity contribution in [1.29, 1.82) is 0 Å². The standard InChI is InChI=1S/C14H9BrF3NO/c15-10-5-4-8(16)6-13(10)19-14(20)7-9-11(17)2-1-3-12(9)18/h1-6H,7H2,(H,19,20). The van der Waals surface area contributed by atoms with Crippen molar-refractivity contribution in [2.24, 2.45) is 0 Å². The second-order valence-electron chi connectivity index (χ2n) is 4.05. The summed E-state index contributed by atoms with van der Waals surface area (Å²) >= 11 is 3.14. The van der Waals surface area contributed by atoms with Gasteiger partial charge in [-0.3, -0.25) is 4.79 Å². The highest BCUT2D eigenvalue weighted by Crippen LogP contribution is 2.23. The Morgan fingerprint density at radius 2 is 1.75 bits per heavy atom. The van der Waals surface area contributed by atoms with Crippen LogP contribution in [0.15, 0.2) is 40.9 Å². The molecule has 0 heterocycles. The number of nitrogens with one attached hydrogen (secondary N) is 1. The van der Waals surface area contributed by atoms with E-state index >= 15 is 0 Å². The summed E-state index contributed by atoms with van der Waals surface area (Å²) in [6.07, 6.45) is -0.471. The lowest BCUT2D eigenvalue weighted by molar-refractivity contribution is -0.115. The third kappa shape index (κ3) is 3.39. The summed E-state index contributed by atoms with van der Waals surface area (Å²) in [5.41, 5.74) is -0.121. The molecule has 1 amide bonds. The van der Waals surface area contributed by atoms with Gasteiger partial charge >= 0.3 is 0 Å². The van der Waals surface area contributed by atoms with E-state index in [9.17, 15) is 18.0 Å². The van der Waals surface area contributed by atoms with Crippen molar-refractivity contribution >= 4 is 27.5 Å². The molecule has 0 spiro atoms. The monoisotopic (exact) mass is 343 g/mol. The SMILES string of the molecule is O=C(Cc1c(F)cccc1F)Nc1cc(F)ccc1Br. The third-order valence-electron chi connectivity index (χ3n) is 2.60. The number of halogens is 4. The first-order valence-electron chi connectivity index (χ1n) is 5.65. The second kappa shape index (κ2) is 6.09. The Balaban J connectivity index is 2.15. The topological polar surface area (TPSA) is 29.1 Å². The fourth-order valence-corrected chi connectivity index (χ4v) is 2.00. The highest BCUT2D eigenvalue weighted by molar-refractivity contribution is 9.10. The molecule has 0 aliphatic rings.